The molecular formula is C16H24N2O4. The Labute approximate surface area is 130 Å². The predicted molar refractivity (Wildman–Crippen MR) is 82.6 cm³/mol. The first-order chi connectivity index (χ1) is 10.4. The van der Waals surface area contributed by atoms with E-state index in [1.807, 2.05) is 44.2 Å². The van der Waals surface area contributed by atoms with Gasteiger partial charge in [0.1, 0.15) is 6.04 Å². The first-order valence-corrected chi connectivity index (χ1v) is 7.28. The van der Waals surface area contributed by atoms with Crippen molar-refractivity contribution in [3.05, 3.63) is 35.9 Å². The lowest BCUT2D eigenvalue weighted by Crippen LogP contribution is -2.50. The van der Waals surface area contributed by atoms with Crippen LogP contribution in [0.1, 0.15) is 25.8 Å². The van der Waals surface area contributed by atoms with Gasteiger partial charge < -0.3 is 11.1 Å². The van der Waals surface area contributed by atoms with E-state index in [4.69, 9.17) is 5.73 Å². The number of hydrogen-bond donors (Lipinski definition) is 2. The molecule has 0 radical (unpaired) electrons. The Hall–Kier alpha value is -1.92. The average Bonchev–Trinajstić information content (AvgIpc) is 2.47. The molecule has 0 fully saturated rings. The van der Waals surface area contributed by atoms with E-state index in [2.05, 4.69) is 15.1 Å². The molecule has 0 spiro atoms. The summed E-state index contributed by atoms with van der Waals surface area (Å²) in [6.07, 6.45) is 0.854. The Kier molecular flexibility index (Phi) is 7.56. The van der Waals surface area contributed by atoms with Gasteiger partial charge >= 0.3 is 5.97 Å². The average molecular weight is 308 g/mol. The number of benzene rings is 1. The SMILES string of the molecule is COOC(=O)C(Cc1ccccc1)NC(=O)C(N)CC(C)C. The van der Waals surface area contributed by atoms with Gasteiger partial charge in [-0.25, -0.2) is 4.79 Å². The molecule has 0 aliphatic rings. The molecule has 0 saturated heterocycles. The van der Waals surface area contributed by atoms with Gasteiger partial charge in [0.15, 0.2) is 0 Å². The van der Waals surface area contributed by atoms with Crippen LogP contribution in [0.25, 0.3) is 0 Å². The minimum atomic E-state index is -0.840. The lowest BCUT2D eigenvalue weighted by Gasteiger charge is -2.20. The van der Waals surface area contributed by atoms with E-state index in [-0.39, 0.29) is 5.91 Å². The van der Waals surface area contributed by atoms with Crippen molar-refractivity contribution in [2.45, 2.75) is 38.8 Å². The van der Waals surface area contributed by atoms with Gasteiger partial charge in [-0.1, -0.05) is 44.2 Å². The second kappa shape index (κ2) is 9.17. The van der Waals surface area contributed by atoms with Crippen LogP contribution in [-0.4, -0.2) is 31.1 Å². The fourth-order valence-corrected chi connectivity index (χ4v) is 2.08. The van der Waals surface area contributed by atoms with E-state index in [1.54, 1.807) is 0 Å². The molecule has 122 valence electrons. The summed E-state index contributed by atoms with van der Waals surface area (Å²) >= 11 is 0. The maximum absolute atomic E-state index is 12.1. The standard InChI is InChI=1S/C16H24N2O4/c1-11(2)9-13(17)15(19)18-14(16(20)22-21-3)10-12-7-5-4-6-8-12/h4-8,11,13-14H,9-10,17H2,1-3H3,(H,18,19). The third kappa shape index (κ3) is 6.24. The number of nitrogens with one attached hydrogen (secondary N) is 1. The quantitative estimate of drug-likeness (QED) is 0.556. The van der Waals surface area contributed by atoms with Crippen molar-refractivity contribution in [2.24, 2.45) is 11.7 Å². The van der Waals surface area contributed by atoms with Crippen molar-refractivity contribution < 1.29 is 19.4 Å². The molecule has 3 N–H and O–H groups in total. The molecule has 0 heterocycles. The molecule has 0 bridgehead atoms. The van der Waals surface area contributed by atoms with Gasteiger partial charge in [0.2, 0.25) is 5.91 Å². The van der Waals surface area contributed by atoms with Gasteiger partial charge in [-0.2, -0.15) is 4.89 Å². The molecule has 2 unspecified atom stereocenters. The van der Waals surface area contributed by atoms with Crippen molar-refractivity contribution in [2.75, 3.05) is 7.11 Å². The number of carbonyl (C=O) groups is 2. The van der Waals surface area contributed by atoms with E-state index < -0.39 is 18.1 Å². The molecule has 22 heavy (non-hydrogen) atoms. The van der Waals surface area contributed by atoms with E-state index in [0.717, 1.165) is 5.56 Å². The normalized spacial score (nSPS) is 13.5. The highest BCUT2D eigenvalue weighted by Gasteiger charge is 2.26. The molecule has 2 atom stereocenters. The van der Waals surface area contributed by atoms with Crippen LogP contribution in [0.5, 0.6) is 0 Å². The van der Waals surface area contributed by atoms with Crippen LogP contribution in [0, 0.1) is 5.92 Å². The second-order valence-electron chi connectivity index (χ2n) is 5.56. The van der Waals surface area contributed by atoms with Crippen LogP contribution < -0.4 is 11.1 Å². The largest absolute Gasteiger partial charge is 0.364 e. The fourth-order valence-electron chi connectivity index (χ4n) is 2.08. The lowest BCUT2D eigenvalue weighted by molar-refractivity contribution is -0.256. The zero-order chi connectivity index (χ0) is 16.5. The summed E-state index contributed by atoms with van der Waals surface area (Å²) in [4.78, 5) is 33.0. The summed E-state index contributed by atoms with van der Waals surface area (Å²) in [5.74, 6) is -0.738. The van der Waals surface area contributed by atoms with Crippen molar-refractivity contribution in [3.63, 3.8) is 0 Å². The molecule has 1 aromatic carbocycles. The highest BCUT2D eigenvalue weighted by molar-refractivity contribution is 5.87. The highest BCUT2D eigenvalue weighted by Crippen LogP contribution is 2.07. The monoisotopic (exact) mass is 308 g/mol. The van der Waals surface area contributed by atoms with Crippen LogP contribution in [-0.2, 0) is 25.8 Å². The van der Waals surface area contributed by atoms with Gasteiger partial charge in [0.25, 0.3) is 0 Å². The first kappa shape index (κ1) is 18.1. The van der Waals surface area contributed by atoms with Gasteiger partial charge in [-0.05, 0) is 17.9 Å². The minimum absolute atomic E-state index is 0.291. The van der Waals surface area contributed by atoms with Crippen molar-refractivity contribution >= 4 is 11.9 Å². The van der Waals surface area contributed by atoms with Gasteiger partial charge in [-0.3, -0.25) is 9.68 Å². The van der Waals surface area contributed by atoms with E-state index in [9.17, 15) is 9.59 Å². The number of carbonyl (C=O) groups excluding carboxylic acids is 2. The number of hydrogen-bond acceptors (Lipinski definition) is 5. The van der Waals surface area contributed by atoms with E-state index >= 15 is 0 Å². The summed E-state index contributed by atoms with van der Waals surface area (Å²) in [6, 6.07) is 7.84. The Bertz CT molecular complexity index is 476. The third-order valence-corrected chi connectivity index (χ3v) is 3.11. The van der Waals surface area contributed by atoms with E-state index in [0.29, 0.717) is 18.8 Å². The topological polar surface area (TPSA) is 90.6 Å². The number of nitrogens with two attached hydrogens (primary N) is 1. The predicted octanol–water partition coefficient (Wildman–Crippen LogP) is 1.19. The second-order valence-corrected chi connectivity index (χ2v) is 5.56. The summed E-state index contributed by atoms with van der Waals surface area (Å²) in [5.41, 5.74) is 6.74. The van der Waals surface area contributed by atoms with Gasteiger partial charge in [0.05, 0.1) is 13.2 Å². The maximum Gasteiger partial charge on any atom is 0.364 e. The van der Waals surface area contributed by atoms with Crippen LogP contribution in [0.4, 0.5) is 0 Å². The van der Waals surface area contributed by atoms with Crippen molar-refractivity contribution in [1.82, 2.24) is 5.32 Å². The molecule has 0 aliphatic heterocycles. The molecule has 0 aromatic heterocycles. The van der Waals surface area contributed by atoms with E-state index in [1.165, 1.54) is 7.11 Å². The number of rotatable bonds is 8. The minimum Gasteiger partial charge on any atom is -0.341 e. The molecule has 0 aliphatic carbocycles. The Morgan fingerprint density at radius 1 is 1.23 bits per heavy atom. The smallest absolute Gasteiger partial charge is 0.341 e. The van der Waals surface area contributed by atoms with Crippen LogP contribution >= 0.6 is 0 Å². The molecule has 1 amide bonds. The van der Waals surface area contributed by atoms with Crippen LogP contribution in [0.15, 0.2) is 30.3 Å². The highest BCUT2D eigenvalue weighted by atomic mass is 17.2. The maximum atomic E-state index is 12.1. The summed E-state index contributed by atoms with van der Waals surface area (Å²) in [7, 11) is 1.24. The number of amides is 1. The Morgan fingerprint density at radius 3 is 2.41 bits per heavy atom. The zero-order valence-electron chi connectivity index (χ0n) is 13.2. The van der Waals surface area contributed by atoms with Gasteiger partial charge in [0, 0.05) is 6.42 Å². The summed E-state index contributed by atoms with van der Waals surface area (Å²) in [6.45, 7) is 3.96. The Morgan fingerprint density at radius 2 is 1.86 bits per heavy atom. The Balaban J connectivity index is 2.73. The molecular weight excluding hydrogens is 284 g/mol. The van der Waals surface area contributed by atoms with Crippen LogP contribution in [0.2, 0.25) is 0 Å². The molecule has 6 nitrogen and oxygen atoms in total. The fraction of sp³-hybridized carbons (Fsp3) is 0.500. The summed E-state index contributed by atoms with van der Waals surface area (Å²) in [5, 5.41) is 2.64. The van der Waals surface area contributed by atoms with Crippen LogP contribution in [0.3, 0.4) is 0 Å². The first-order valence-electron chi connectivity index (χ1n) is 7.28. The molecule has 0 saturated carbocycles. The lowest BCUT2D eigenvalue weighted by atomic mass is 10.0. The van der Waals surface area contributed by atoms with Gasteiger partial charge in [-0.15, -0.1) is 0 Å². The summed E-state index contributed by atoms with van der Waals surface area (Å²) < 4.78 is 0. The molecule has 1 rings (SSSR count). The zero-order valence-corrected chi connectivity index (χ0v) is 13.2. The van der Waals surface area contributed by atoms with Crippen molar-refractivity contribution in [1.29, 1.82) is 0 Å². The third-order valence-electron chi connectivity index (χ3n) is 3.11. The molecule has 6 heteroatoms. The molecule has 1 aromatic rings. The van der Waals surface area contributed by atoms with Crippen molar-refractivity contribution in [3.8, 4) is 0 Å².